The smallest absolute Gasteiger partial charge is 0.225 e. The highest BCUT2D eigenvalue weighted by molar-refractivity contribution is 5.77. The molecule has 4 rings (SSSR count). The van der Waals surface area contributed by atoms with Gasteiger partial charge in [-0.1, -0.05) is 30.3 Å². The molecule has 0 N–H and O–H groups in total. The maximum absolute atomic E-state index is 12.1. The molecular weight excluding hydrogens is 288 g/mol. The first-order valence-electron chi connectivity index (χ1n) is 8.97. The highest BCUT2D eigenvalue weighted by Gasteiger charge is 2.42. The molecule has 0 saturated carbocycles. The summed E-state index contributed by atoms with van der Waals surface area (Å²) in [6.07, 6.45) is 4.44. The lowest BCUT2D eigenvalue weighted by Crippen LogP contribution is -2.43. The van der Waals surface area contributed by atoms with E-state index in [1.54, 1.807) is 0 Å². The molecule has 3 saturated heterocycles. The van der Waals surface area contributed by atoms with Crippen molar-refractivity contribution in [2.75, 3.05) is 32.7 Å². The van der Waals surface area contributed by atoms with Gasteiger partial charge in [0.2, 0.25) is 5.91 Å². The van der Waals surface area contributed by atoms with E-state index in [9.17, 15) is 4.79 Å². The van der Waals surface area contributed by atoms with Gasteiger partial charge in [-0.15, -0.1) is 0 Å². The molecule has 0 aliphatic carbocycles. The van der Waals surface area contributed by atoms with Crippen LogP contribution in [-0.4, -0.2) is 60.6 Å². The number of fused-ring (bicyclic) bond motifs is 1. The minimum Gasteiger partial charge on any atom is -0.373 e. The van der Waals surface area contributed by atoms with E-state index in [1.165, 1.54) is 12.0 Å². The van der Waals surface area contributed by atoms with Crippen LogP contribution in [0.5, 0.6) is 0 Å². The number of carbonyl (C=O) groups is 1. The van der Waals surface area contributed by atoms with Crippen LogP contribution in [0.1, 0.15) is 24.8 Å². The Morgan fingerprint density at radius 1 is 1.17 bits per heavy atom. The van der Waals surface area contributed by atoms with Gasteiger partial charge in [-0.2, -0.15) is 0 Å². The zero-order chi connectivity index (χ0) is 15.6. The molecule has 0 bridgehead atoms. The second kappa shape index (κ2) is 6.62. The van der Waals surface area contributed by atoms with Gasteiger partial charge in [0, 0.05) is 38.6 Å². The Morgan fingerprint density at radius 2 is 2.00 bits per heavy atom. The van der Waals surface area contributed by atoms with E-state index in [0.717, 1.165) is 45.6 Å². The van der Waals surface area contributed by atoms with E-state index in [-0.39, 0.29) is 6.10 Å². The first-order valence-corrected chi connectivity index (χ1v) is 8.97. The van der Waals surface area contributed by atoms with Crippen LogP contribution in [0.3, 0.4) is 0 Å². The Labute approximate surface area is 138 Å². The average molecular weight is 314 g/mol. The number of ether oxygens (including phenoxy) is 1. The van der Waals surface area contributed by atoms with Crippen LogP contribution in [0.15, 0.2) is 30.3 Å². The van der Waals surface area contributed by atoms with Gasteiger partial charge >= 0.3 is 0 Å². The van der Waals surface area contributed by atoms with E-state index in [1.807, 2.05) is 4.90 Å². The molecule has 0 spiro atoms. The minimum absolute atomic E-state index is 0.161. The molecule has 3 aliphatic rings. The summed E-state index contributed by atoms with van der Waals surface area (Å²) in [5.74, 6) is 0.919. The summed E-state index contributed by atoms with van der Waals surface area (Å²) < 4.78 is 6.17. The number of hydrogen-bond donors (Lipinski definition) is 0. The highest BCUT2D eigenvalue weighted by Crippen LogP contribution is 2.34. The van der Waals surface area contributed by atoms with Crippen molar-refractivity contribution in [2.45, 2.75) is 37.9 Å². The van der Waals surface area contributed by atoms with Crippen LogP contribution in [0.2, 0.25) is 0 Å². The summed E-state index contributed by atoms with van der Waals surface area (Å²) in [6, 6.07) is 10.7. The van der Waals surface area contributed by atoms with Gasteiger partial charge in [-0.3, -0.25) is 4.79 Å². The van der Waals surface area contributed by atoms with Crippen molar-refractivity contribution in [1.82, 2.24) is 9.80 Å². The molecule has 0 unspecified atom stereocenters. The van der Waals surface area contributed by atoms with Gasteiger partial charge in [-0.05, 0) is 24.8 Å². The van der Waals surface area contributed by atoms with Gasteiger partial charge in [-0.25, -0.2) is 0 Å². The van der Waals surface area contributed by atoms with Crippen LogP contribution in [0, 0.1) is 5.92 Å². The molecule has 3 fully saturated rings. The fourth-order valence-electron chi connectivity index (χ4n) is 4.08. The Morgan fingerprint density at radius 3 is 2.70 bits per heavy atom. The highest BCUT2D eigenvalue weighted by atomic mass is 16.5. The van der Waals surface area contributed by atoms with E-state index < -0.39 is 0 Å². The molecule has 23 heavy (non-hydrogen) atoms. The van der Waals surface area contributed by atoms with Gasteiger partial charge in [0.15, 0.2) is 0 Å². The third-order valence-corrected chi connectivity index (χ3v) is 5.56. The molecule has 0 aromatic heterocycles. The van der Waals surface area contributed by atoms with Gasteiger partial charge in [0.25, 0.3) is 0 Å². The summed E-state index contributed by atoms with van der Waals surface area (Å²) in [5.41, 5.74) is 1.41. The Hall–Kier alpha value is -1.39. The predicted molar refractivity (Wildman–Crippen MR) is 89.2 cm³/mol. The van der Waals surface area contributed by atoms with Crippen molar-refractivity contribution in [3.8, 4) is 0 Å². The monoisotopic (exact) mass is 314 g/mol. The number of nitrogens with zero attached hydrogens (tertiary/aromatic N) is 2. The standard InChI is InChI=1S/C19H26N2O2/c22-19(21-8-4-9-21)12-17-11-16-13-20(14-18(16)23-17)10-7-15-5-2-1-3-6-15/h1-3,5-6,16-18H,4,7-14H2/t16-,17+,18+/m1/s1. The first-order chi connectivity index (χ1) is 11.3. The maximum atomic E-state index is 12.1. The predicted octanol–water partition coefficient (Wildman–Crippen LogP) is 1.94. The fourth-order valence-corrected chi connectivity index (χ4v) is 4.08. The number of amides is 1. The maximum Gasteiger partial charge on any atom is 0.225 e. The normalized spacial score (nSPS) is 30.3. The molecule has 0 radical (unpaired) electrons. The molecule has 1 amide bonds. The lowest BCUT2D eigenvalue weighted by atomic mass is 10.0. The Balaban J connectivity index is 1.21. The largest absolute Gasteiger partial charge is 0.373 e. The molecular formula is C19H26N2O2. The Bertz CT molecular complexity index is 530. The van der Waals surface area contributed by atoms with E-state index in [2.05, 4.69) is 35.2 Å². The van der Waals surface area contributed by atoms with Crippen molar-refractivity contribution in [2.24, 2.45) is 5.92 Å². The fraction of sp³-hybridized carbons (Fsp3) is 0.632. The molecule has 3 aliphatic heterocycles. The summed E-state index contributed by atoms with van der Waals surface area (Å²) in [5, 5.41) is 0. The summed E-state index contributed by atoms with van der Waals surface area (Å²) in [6.45, 7) is 5.17. The number of likely N-dealkylation sites (tertiary alicyclic amines) is 2. The third-order valence-electron chi connectivity index (χ3n) is 5.56. The van der Waals surface area contributed by atoms with Crippen molar-refractivity contribution >= 4 is 5.91 Å². The van der Waals surface area contributed by atoms with Crippen LogP contribution in [-0.2, 0) is 16.0 Å². The molecule has 3 atom stereocenters. The SMILES string of the molecule is O=C(C[C@@H]1C[C@@H]2CN(CCc3ccccc3)C[C@@H]2O1)N1CCC1. The number of rotatable bonds is 5. The van der Waals surface area contributed by atoms with Gasteiger partial charge in [0.05, 0.1) is 18.6 Å². The van der Waals surface area contributed by atoms with E-state index >= 15 is 0 Å². The van der Waals surface area contributed by atoms with E-state index in [4.69, 9.17) is 4.74 Å². The van der Waals surface area contributed by atoms with Crippen LogP contribution in [0.4, 0.5) is 0 Å². The topological polar surface area (TPSA) is 32.8 Å². The molecule has 1 aromatic rings. The Kier molecular flexibility index (Phi) is 4.36. The van der Waals surface area contributed by atoms with Crippen molar-refractivity contribution in [1.29, 1.82) is 0 Å². The molecule has 4 nitrogen and oxygen atoms in total. The minimum atomic E-state index is 0.161. The number of carbonyl (C=O) groups excluding carboxylic acids is 1. The molecule has 124 valence electrons. The lowest BCUT2D eigenvalue weighted by Gasteiger charge is -2.31. The number of hydrogen-bond acceptors (Lipinski definition) is 3. The zero-order valence-electron chi connectivity index (χ0n) is 13.7. The van der Waals surface area contributed by atoms with Gasteiger partial charge in [0.1, 0.15) is 0 Å². The summed E-state index contributed by atoms with van der Waals surface area (Å²) in [7, 11) is 0. The van der Waals surface area contributed by atoms with E-state index in [0.29, 0.717) is 24.3 Å². The zero-order valence-corrected chi connectivity index (χ0v) is 13.7. The van der Waals surface area contributed by atoms with Crippen molar-refractivity contribution < 1.29 is 9.53 Å². The third kappa shape index (κ3) is 3.43. The van der Waals surface area contributed by atoms with Crippen LogP contribution >= 0.6 is 0 Å². The van der Waals surface area contributed by atoms with Crippen LogP contribution < -0.4 is 0 Å². The van der Waals surface area contributed by atoms with Gasteiger partial charge < -0.3 is 14.5 Å². The average Bonchev–Trinajstić information content (AvgIpc) is 3.02. The van der Waals surface area contributed by atoms with Crippen molar-refractivity contribution in [3.63, 3.8) is 0 Å². The quantitative estimate of drug-likeness (QED) is 0.833. The first kappa shape index (κ1) is 15.2. The summed E-state index contributed by atoms with van der Waals surface area (Å²) >= 11 is 0. The molecule has 1 aromatic carbocycles. The van der Waals surface area contributed by atoms with Crippen molar-refractivity contribution in [3.05, 3.63) is 35.9 Å². The second-order valence-corrected chi connectivity index (χ2v) is 7.23. The lowest BCUT2D eigenvalue weighted by molar-refractivity contribution is -0.137. The second-order valence-electron chi connectivity index (χ2n) is 7.23. The molecule has 4 heteroatoms. The number of benzene rings is 1. The summed E-state index contributed by atoms with van der Waals surface area (Å²) in [4.78, 5) is 16.5. The van der Waals surface area contributed by atoms with Crippen LogP contribution in [0.25, 0.3) is 0 Å². The molecule has 3 heterocycles.